The van der Waals surface area contributed by atoms with E-state index in [-0.39, 0.29) is 13.2 Å². The van der Waals surface area contributed by atoms with Crippen molar-refractivity contribution in [1.82, 2.24) is 9.88 Å². The molecule has 2 amide bonds. The van der Waals surface area contributed by atoms with E-state index in [2.05, 4.69) is 22.5 Å². The zero-order valence-electron chi connectivity index (χ0n) is 33.9. The fourth-order valence-corrected chi connectivity index (χ4v) is 10.4. The molecule has 7 aromatic rings. The van der Waals surface area contributed by atoms with E-state index >= 15 is 14.4 Å². The number of nitrogens with one attached hydrogen (secondary N) is 2. The molecule has 63 heavy (non-hydrogen) atoms. The average molecular weight is 853 g/mol. The maximum atomic E-state index is 15.7. The molecule has 0 unspecified atom stereocenters. The maximum absolute atomic E-state index is 15.7. The van der Waals surface area contributed by atoms with E-state index in [1.807, 2.05) is 144 Å². The van der Waals surface area contributed by atoms with Gasteiger partial charge in [-0.15, -0.1) is 0 Å². The van der Waals surface area contributed by atoms with Crippen molar-refractivity contribution in [1.29, 1.82) is 0 Å². The number of anilines is 2. The molecule has 0 saturated carbocycles. The summed E-state index contributed by atoms with van der Waals surface area (Å²) in [5, 5.41) is 16.5. The highest BCUT2D eigenvalue weighted by atomic mass is 32.1. The van der Waals surface area contributed by atoms with E-state index in [1.165, 1.54) is 11.3 Å². The molecule has 6 aromatic carbocycles. The molecular formula is C51H40N4O7S. The number of para-hydroxylation sites is 2. The van der Waals surface area contributed by atoms with Crippen LogP contribution in [0.1, 0.15) is 51.6 Å². The molecule has 10 rings (SSSR count). The number of carbonyl (C=O) groups is 3. The van der Waals surface area contributed by atoms with E-state index in [0.717, 1.165) is 21.4 Å². The number of methoxy groups -OCH3 is 1. The molecule has 2 fully saturated rings. The third-order valence-electron chi connectivity index (χ3n) is 12.1. The molecule has 312 valence electrons. The molecule has 3 aliphatic heterocycles. The van der Waals surface area contributed by atoms with Crippen LogP contribution in [0.4, 0.5) is 10.8 Å². The number of nitrogens with zero attached hydrogens (tertiary/aromatic N) is 2. The normalized spacial score (nSPS) is 22.3. The number of hydrogen-bond acceptors (Lipinski definition) is 10. The first kappa shape index (κ1) is 39.8. The largest absolute Gasteiger partial charge is 0.497 e. The Kier molecular flexibility index (Phi) is 10.4. The number of aliphatic hydroxyl groups is 1. The first-order valence-electron chi connectivity index (χ1n) is 20.6. The summed E-state index contributed by atoms with van der Waals surface area (Å²) in [6.07, 6.45) is -0.848. The van der Waals surface area contributed by atoms with Crippen LogP contribution >= 0.6 is 11.3 Å². The number of cyclic esters (lactones) is 1. The van der Waals surface area contributed by atoms with Gasteiger partial charge in [0.1, 0.15) is 35.7 Å². The second kappa shape index (κ2) is 16.5. The summed E-state index contributed by atoms with van der Waals surface area (Å²) < 4.78 is 19.0. The second-order valence-corrected chi connectivity index (χ2v) is 16.6. The maximum Gasteiger partial charge on any atom is 0.324 e. The predicted octanol–water partition coefficient (Wildman–Crippen LogP) is 7.99. The number of carbonyl (C=O) groups excluding carboxylic acids is 3. The average Bonchev–Trinajstić information content (AvgIpc) is 3.97. The van der Waals surface area contributed by atoms with E-state index in [9.17, 15) is 5.11 Å². The number of morpholine rings is 1. The number of rotatable bonds is 9. The van der Waals surface area contributed by atoms with Crippen molar-refractivity contribution < 1.29 is 33.7 Å². The monoisotopic (exact) mass is 852 g/mol. The molecule has 0 aliphatic carbocycles. The van der Waals surface area contributed by atoms with Crippen LogP contribution in [0.2, 0.25) is 0 Å². The minimum Gasteiger partial charge on any atom is -0.497 e. The Hall–Kier alpha value is -7.30. The van der Waals surface area contributed by atoms with Gasteiger partial charge in [-0.2, -0.15) is 0 Å². The van der Waals surface area contributed by atoms with Gasteiger partial charge in [0.15, 0.2) is 5.13 Å². The molecule has 1 spiro atoms. The van der Waals surface area contributed by atoms with Crippen molar-refractivity contribution >= 4 is 50.2 Å². The van der Waals surface area contributed by atoms with Crippen LogP contribution in [0.5, 0.6) is 11.5 Å². The van der Waals surface area contributed by atoms with Crippen molar-refractivity contribution in [3.05, 3.63) is 185 Å². The molecule has 3 N–H and O–H groups in total. The van der Waals surface area contributed by atoms with Crippen LogP contribution in [0.25, 0.3) is 10.2 Å². The van der Waals surface area contributed by atoms with Gasteiger partial charge in [0.2, 0.25) is 11.8 Å². The summed E-state index contributed by atoms with van der Waals surface area (Å²) in [7, 11) is 1.60. The van der Waals surface area contributed by atoms with Crippen molar-refractivity contribution in [2.24, 2.45) is 5.92 Å². The van der Waals surface area contributed by atoms with Crippen LogP contribution < -0.4 is 20.1 Å². The number of aliphatic hydroxyl groups excluding tert-OH is 1. The lowest BCUT2D eigenvalue weighted by Crippen LogP contribution is -2.53. The van der Waals surface area contributed by atoms with Gasteiger partial charge in [0.25, 0.3) is 0 Å². The Morgan fingerprint density at radius 3 is 2.27 bits per heavy atom. The topological polar surface area (TPSA) is 139 Å². The van der Waals surface area contributed by atoms with E-state index in [1.54, 1.807) is 19.2 Å². The van der Waals surface area contributed by atoms with Crippen molar-refractivity contribution in [2.45, 2.75) is 29.6 Å². The quantitative estimate of drug-likeness (QED) is 0.0975. The summed E-state index contributed by atoms with van der Waals surface area (Å²) in [6.45, 7) is -0.301. The van der Waals surface area contributed by atoms with E-state index in [0.29, 0.717) is 44.5 Å². The van der Waals surface area contributed by atoms with Crippen LogP contribution in [0.15, 0.2) is 152 Å². The zero-order valence-corrected chi connectivity index (χ0v) is 34.8. The number of hydrogen-bond donors (Lipinski definition) is 3. The number of esters is 1. The lowest BCUT2D eigenvalue weighted by molar-refractivity contribution is -0.177. The summed E-state index contributed by atoms with van der Waals surface area (Å²) in [4.78, 5) is 53.2. The molecule has 11 nitrogen and oxygen atoms in total. The highest BCUT2D eigenvalue weighted by Gasteiger charge is 2.74. The molecule has 3 aliphatic rings. The number of amides is 2. The van der Waals surface area contributed by atoms with Crippen LogP contribution in [-0.2, 0) is 24.5 Å². The molecule has 4 heterocycles. The Bertz CT molecular complexity index is 2900. The fraction of sp³-hybridized carbons (Fsp3) is 0.176. The smallest absolute Gasteiger partial charge is 0.324 e. The van der Waals surface area contributed by atoms with Crippen LogP contribution in [0.3, 0.4) is 0 Å². The van der Waals surface area contributed by atoms with Crippen LogP contribution in [0, 0.1) is 17.8 Å². The molecule has 6 atom stereocenters. The highest BCUT2D eigenvalue weighted by Crippen LogP contribution is 2.65. The third-order valence-corrected chi connectivity index (χ3v) is 13.1. The number of benzene rings is 6. The number of thiazole rings is 1. The molecule has 0 bridgehead atoms. The van der Waals surface area contributed by atoms with Gasteiger partial charge in [0.05, 0.1) is 41.9 Å². The number of ether oxygens (including phenoxy) is 3. The highest BCUT2D eigenvalue weighted by molar-refractivity contribution is 7.22. The standard InChI is InChI=1S/C51H40N4O7S/c1-60-35-25-22-31(23-26-35)20-21-32-24-27-38-37(30-32)51(49(59)52-38)42(47(57)54-50-53-39-17-9-11-19-41(39)63-50)44-48(58)62-45(34-14-6-3-7-15-34)43(33-12-4-2-5-13-33)55(44)46(51)36-16-8-10-18-40(36)61-29-28-56/h2-19,22-27,30,42-46,56H,28-29H2,1H3,(H,52,59)(H,53,54,57)/t42-,43-,44-,45+,46+,51-/m0/s1. The molecule has 12 heteroatoms. The third kappa shape index (κ3) is 6.87. The van der Waals surface area contributed by atoms with Gasteiger partial charge in [-0.05, 0) is 77.4 Å². The summed E-state index contributed by atoms with van der Waals surface area (Å²) >= 11 is 1.30. The second-order valence-electron chi connectivity index (χ2n) is 15.5. The molecule has 2 saturated heterocycles. The molecule has 0 radical (unpaired) electrons. The minimum absolute atomic E-state index is 0.0354. The number of fused-ring (bicyclic) bond motifs is 4. The van der Waals surface area contributed by atoms with Gasteiger partial charge in [0, 0.05) is 22.4 Å². The lowest BCUT2D eigenvalue weighted by Gasteiger charge is -2.46. The van der Waals surface area contributed by atoms with E-state index in [4.69, 9.17) is 19.2 Å². The summed E-state index contributed by atoms with van der Waals surface area (Å²) in [6, 6.07) is 43.9. The lowest BCUT2D eigenvalue weighted by atomic mass is 9.65. The minimum atomic E-state index is -1.80. The number of aromatic nitrogens is 1. The van der Waals surface area contributed by atoms with Gasteiger partial charge >= 0.3 is 5.97 Å². The molecular weight excluding hydrogens is 813 g/mol. The van der Waals surface area contributed by atoms with Crippen molar-refractivity contribution in [2.75, 3.05) is 31.0 Å². The first-order valence-corrected chi connectivity index (χ1v) is 21.4. The van der Waals surface area contributed by atoms with Crippen molar-refractivity contribution in [3.63, 3.8) is 0 Å². The summed E-state index contributed by atoms with van der Waals surface area (Å²) in [5.41, 5.74) is 3.31. The summed E-state index contributed by atoms with van der Waals surface area (Å²) in [5.74, 6) is 4.50. The van der Waals surface area contributed by atoms with Gasteiger partial charge < -0.3 is 30.0 Å². The van der Waals surface area contributed by atoms with E-state index < -0.39 is 53.3 Å². The van der Waals surface area contributed by atoms with Gasteiger partial charge in [-0.25, -0.2) is 4.98 Å². The SMILES string of the molecule is COc1ccc(C#Cc2ccc3c(c2)[C@]2(C(=O)N3)[C@H](C(=O)Nc3nc4ccccc4s3)[C@H]3C(=O)O[C@H](c4ccccc4)[C@H](c4ccccc4)N3[C@@H]2c2ccccc2OCCO)cc1. The van der Waals surface area contributed by atoms with Crippen LogP contribution in [-0.4, -0.2) is 59.1 Å². The molecule has 1 aromatic heterocycles. The fourth-order valence-electron chi connectivity index (χ4n) is 9.56. The van der Waals surface area contributed by atoms with Crippen molar-refractivity contribution in [3.8, 4) is 23.3 Å². The predicted molar refractivity (Wildman–Crippen MR) is 239 cm³/mol. The zero-order chi connectivity index (χ0) is 43.1. The Labute approximate surface area is 367 Å². The Morgan fingerprint density at radius 1 is 0.841 bits per heavy atom. The Balaban J connectivity index is 1.24. The van der Waals surface area contributed by atoms with Gasteiger partial charge in [-0.1, -0.05) is 114 Å². The van der Waals surface area contributed by atoms with Gasteiger partial charge in [-0.3, -0.25) is 19.3 Å². The Morgan fingerprint density at radius 2 is 1.52 bits per heavy atom. The first-order chi connectivity index (χ1) is 30.9.